The molecule has 4 rings (SSSR count). The normalized spacial score (nSPS) is 29.7. The lowest BCUT2D eigenvalue weighted by molar-refractivity contribution is -0.155. The highest BCUT2D eigenvalue weighted by Gasteiger charge is 2.77. The number of halogens is 1. The van der Waals surface area contributed by atoms with Gasteiger partial charge in [-0.15, -0.1) is 13.2 Å². The van der Waals surface area contributed by atoms with Crippen LogP contribution in [0.2, 0.25) is 0 Å². The van der Waals surface area contributed by atoms with Crippen LogP contribution in [0, 0.1) is 11.8 Å². The molecule has 1 aromatic rings. The third-order valence-corrected chi connectivity index (χ3v) is 8.37. The van der Waals surface area contributed by atoms with Crippen LogP contribution in [-0.4, -0.2) is 81.6 Å². The molecule has 0 radical (unpaired) electrons. The number of aliphatic hydroxyl groups is 1. The molecule has 1 spiro atoms. The van der Waals surface area contributed by atoms with Crippen molar-refractivity contribution < 1.29 is 29.0 Å². The second kappa shape index (κ2) is 11.9. The summed E-state index contributed by atoms with van der Waals surface area (Å²) in [5.41, 5.74) is -0.197. The second-order valence-electron chi connectivity index (χ2n) is 9.86. The maximum Gasteiger partial charge on any atom is 0.312 e. The van der Waals surface area contributed by atoms with Gasteiger partial charge in [0, 0.05) is 31.1 Å². The van der Waals surface area contributed by atoms with Gasteiger partial charge in [-0.05, 0) is 31.2 Å². The molecule has 2 amide bonds. The van der Waals surface area contributed by atoms with Crippen LogP contribution in [0.1, 0.15) is 31.2 Å². The van der Waals surface area contributed by atoms with Crippen molar-refractivity contribution in [3.8, 4) is 0 Å². The lowest BCUT2D eigenvalue weighted by Gasteiger charge is -2.37. The first kappa shape index (κ1) is 27.5. The number of nitrogens with zero attached hydrogens (tertiary/aromatic N) is 2. The number of ether oxygens (including phenoxy) is 2. The van der Waals surface area contributed by atoms with Gasteiger partial charge in [0.2, 0.25) is 11.8 Å². The molecular formula is C28H35BrN2O6. The van der Waals surface area contributed by atoms with Crippen LogP contribution in [0.15, 0.2) is 55.6 Å². The van der Waals surface area contributed by atoms with Gasteiger partial charge in [0.15, 0.2) is 0 Å². The third-order valence-electron chi connectivity index (χ3n) is 7.53. The minimum atomic E-state index is -1.15. The zero-order chi connectivity index (χ0) is 26.6. The van der Waals surface area contributed by atoms with E-state index < -0.39 is 35.6 Å². The molecule has 3 saturated heterocycles. The molecule has 1 N–H and O–H groups in total. The van der Waals surface area contributed by atoms with E-state index in [1.165, 1.54) is 4.90 Å². The Morgan fingerprint density at radius 1 is 1.24 bits per heavy atom. The Morgan fingerprint density at radius 3 is 2.68 bits per heavy atom. The molecule has 3 heterocycles. The van der Waals surface area contributed by atoms with Crippen molar-refractivity contribution in [3.63, 3.8) is 0 Å². The highest BCUT2D eigenvalue weighted by atomic mass is 79.9. The third kappa shape index (κ3) is 5.13. The van der Waals surface area contributed by atoms with Crippen LogP contribution in [0.25, 0.3) is 0 Å². The number of hydrogen-bond acceptors (Lipinski definition) is 6. The summed E-state index contributed by atoms with van der Waals surface area (Å²) in [5, 5.41) is 9.52. The summed E-state index contributed by atoms with van der Waals surface area (Å²) in [7, 11) is 0. The Morgan fingerprint density at radius 2 is 2.00 bits per heavy atom. The van der Waals surface area contributed by atoms with Gasteiger partial charge in [-0.2, -0.15) is 0 Å². The van der Waals surface area contributed by atoms with Crippen molar-refractivity contribution in [3.05, 3.63) is 61.2 Å². The van der Waals surface area contributed by atoms with Crippen molar-refractivity contribution >= 4 is 33.7 Å². The molecule has 0 saturated carbocycles. The summed E-state index contributed by atoms with van der Waals surface area (Å²) in [6.07, 6.45) is 4.97. The van der Waals surface area contributed by atoms with Crippen LogP contribution in [0.5, 0.6) is 0 Å². The summed E-state index contributed by atoms with van der Waals surface area (Å²) in [6, 6.07) is 8.71. The number of carbonyl (C=O) groups is 3. The zero-order valence-corrected chi connectivity index (χ0v) is 22.6. The van der Waals surface area contributed by atoms with Crippen LogP contribution in [-0.2, 0) is 30.4 Å². The SMILES string of the molecule is C=CCCCOC(=O)[C@H]1[C@@H]2OC3(CC2Br)C(C(=O)N(CC=C)Cc2ccccc2)N(CCCO)C(=O)[C@H]13. The average molecular weight is 576 g/mol. The Bertz CT molecular complexity index is 1020. The highest BCUT2D eigenvalue weighted by Crippen LogP contribution is 2.60. The number of fused-ring (bicyclic) bond motifs is 1. The number of unbranched alkanes of at least 4 members (excludes halogenated alkanes) is 1. The minimum Gasteiger partial charge on any atom is -0.465 e. The first-order valence-corrected chi connectivity index (χ1v) is 13.8. The van der Waals surface area contributed by atoms with E-state index in [2.05, 4.69) is 29.1 Å². The van der Waals surface area contributed by atoms with Gasteiger partial charge in [-0.3, -0.25) is 14.4 Å². The maximum absolute atomic E-state index is 14.2. The van der Waals surface area contributed by atoms with E-state index in [1.807, 2.05) is 30.3 Å². The minimum absolute atomic E-state index is 0.123. The summed E-state index contributed by atoms with van der Waals surface area (Å²) >= 11 is 3.66. The molecule has 8 nitrogen and oxygen atoms in total. The van der Waals surface area contributed by atoms with Crippen molar-refractivity contribution in [1.29, 1.82) is 0 Å². The number of amides is 2. The smallest absolute Gasteiger partial charge is 0.312 e. The maximum atomic E-state index is 14.2. The number of rotatable bonds is 13. The highest BCUT2D eigenvalue weighted by molar-refractivity contribution is 9.09. The van der Waals surface area contributed by atoms with E-state index in [1.54, 1.807) is 17.1 Å². The van der Waals surface area contributed by atoms with Crippen molar-refractivity contribution in [1.82, 2.24) is 9.80 Å². The molecule has 6 atom stereocenters. The second-order valence-corrected chi connectivity index (χ2v) is 11.0. The van der Waals surface area contributed by atoms with Crippen molar-refractivity contribution in [2.45, 2.75) is 54.8 Å². The topological polar surface area (TPSA) is 96.4 Å². The number of aliphatic hydroxyl groups excluding tert-OH is 1. The number of allylic oxidation sites excluding steroid dienone is 1. The van der Waals surface area contributed by atoms with E-state index in [-0.39, 0.29) is 36.4 Å². The number of hydrogen-bond donors (Lipinski definition) is 1. The Hall–Kier alpha value is -2.49. The number of alkyl halides is 1. The fourth-order valence-corrected chi connectivity index (χ4v) is 6.96. The van der Waals surface area contributed by atoms with E-state index in [0.29, 0.717) is 32.4 Å². The largest absolute Gasteiger partial charge is 0.465 e. The fraction of sp³-hybridized carbons (Fsp3) is 0.536. The van der Waals surface area contributed by atoms with Crippen LogP contribution in [0.4, 0.5) is 0 Å². The molecular weight excluding hydrogens is 540 g/mol. The van der Waals surface area contributed by atoms with Gasteiger partial charge < -0.3 is 24.4 Å². The van der Waals surface area contributed by atoms with Gasteiger partial charge in [0.25, 0.3) is 0 Å². The van der Waals surface area contributed by atoms with Gasteiger partial charge in [0.05, 0.1) is 24.5 Å². The van der Waals surface area contributed by atoms with Gasteiger partial charge >= 0.3 is 5.97 Å². The summed E-state index contributed by atoms with van der Waals surface area (Å²) in [4.78, 5) is 44.3. The number of carbonyl (C=O) groups excluding carboxylic acids is 3. The number of likely N-dealkylation sites (tertiary alicyclic amines) is 1. The predicted octanol–water partition coefficient (Wildman–Crippen LogP) is 2.84. The van der Waals surface area contributed by atoms with E-state index >= 15 is 0 Å². The summed E-state index contributed by atoms with van der Waals surface area (Å²) in [6.45, 7) is 8.45. The van der Waals surface area contributed by atoms with Gasteiger partial charge in [-0.1, -0.05) is 58.4 Å². The van der Waals surface area contributed by atoms with E-state index in [9.17, 15) is 19.5 Å². The lowest BCUT2D eigenvalue weighted by atomic mass is 9.70. The number of esters is 1. The van der Waals surface area contributed by atoms with Gasteiger partial charge in [0.1, 0.15) is 11.6 Å². The van der Waals surface area contributed by atoms with Crippen LogP contribution < -0.4 is 0 Å². The molecule has 3 fully saturated rings. The summed E-state index contributed by atoms with van der Waals surface area (Å²) in [5.74, 6) is -2.63. The molecule has 3 unspecified atom stereocenters. The molecule has 37 heavy (non-hydrogen) atoms. The Labute approximate surface area is 226 Å². The standard InChI is InChI=1S/C28H35BrN2O6/c1-3-5-9-16-36-27(35)21-22-25(33)31(14-10-15-32)24(28(22)17-20(29)23(21)37-28)26(34)30(13-4-2)18-19-11-7-6-8-12-19/h3-4,6-8,11-12,20-24,32H,1-2,5,9-10,13-18H2/t20?,21-,22+,23-,24?,28?/m1/s1. The molecule has 0 aliphatic carbocycles. The van der Waals surface area contributed by atoms with Crippen molar-refractivity contribution in [2.75, 3.05) is 26.3 Å². The van der Waals surface area contributed by atoms with E-state index in [0.717, 1.165) is 12.0 Å². The monoisotopic (exact) mass is 574 g/mol. The molecule has 0 aromatic heterocycles. The molecule has 200 valence electrons. The molecule has 2 bridgehead atoms. The summed E-state index contributed by atoms with van der Waals surface area (Å²) < 4.78 is 12.0. The quantitative estimate of drug-likeness (QED) is 0.168. The Balaban J connectivity index is 1.66. The predicted molar refractivity (Wildman–Crippen MR) is 142 cm³/mol. The zero-order valence-electron chi connectivity index (χ0n) is 21.0. The Kier molecular flexibility index (Phi) is 8.87. The first-order valence-electron chi connectivity index (χ1n) is 12.8. The van der Waals surface area contributed by atoms with Crippen LogP contribution >= 0.6 is 15.9 Å². The number of benzene rings is 1. The van der Waals surface area contributed by atoms with Gasteiger partial charge in [-0.25, -0.2) is 0 Å². The molecule has 1 aromatic carbocycles. The fourth-order valence-electron chi connectivity index (χ4n) is 6.02. The van der Waals surface area contributed by atoms with E-state index in [4.69, 9.17) is 9.47 Å². The van der Waals surface area contributed by atoms with Crippen molar-refractivity contribution in [2.24, 2.45) is 11.8 Å². The average Bonchev–Trinajstić information content (AvgIpc) is 3.48. The van der Waals surface area contributed by atoms with Crippen LogP contribution in [0.3, 0.4) is 0 Å². The lowest BCUT2D eigenvalue weighted by Crippen LogP contribution is -2.56. The first-order chi connectivity index (χ1) is 17.9. The molecule has 9 heteroatoms. The molecule has 3 aliphatic heterocycles. The molecule has 3 aliphatic rings.